The van der Waals surface area contributed by atoms with E-state index in [4.69, 9.17) is 4.74 Å². The molecule has 0 saturated carbocycles. The molecule has 0 spiro atoms. The van der Waals surface area contributed by atoms with Gasteiger partial charge in [-0.05, 0) is 34.1 Å². The van der Waals surface area contributed by atoms with E-state index in [-0.39, 0.29) is 24.4 Å². The molecule has 0 fully saturated rings. The number of alkyl carbamates (subject to hydrolysis) is 1. The van der Waals surface area contributed by atoms with E-state index >= 15 is 0 Å². The fourth-order valence-corrected chi connectivity index (χ4v) is 4.23. The van der Waals surface area contributed by atoms with Crippen LogP contribution in [0.4, 0.5) is 4.79 Å². The van der Waals surface area contributed by atoms with Crippen molar-refractivity contribution in [3.8, 4) is 11.1 Å². The lowest BCUT2D eigenvalue weighted by Gasteiger charge is -2.26. The molecule has 0 heterocycles. The maximum absolute atomic E-state index is 12.8. The monoisotopic (exact) mass is 452 g/mol. The van der Waals surface area contributed by atoms with E-state index in [2.05, 4.69) is 22.8 Å². The minimum atomic E-state index is -1.11. The van der Waals surface area contributed by atoms with Gasteiger partial charge in [0.05, 0.1) is 0 Å². The Balaban J connectivity index is 1.69. The Kier molecular flexibility index (Phi) is 7.74. The van der Waals surface area contributed by atoms with E-state index in [1.807, 2.05) is 50.2 Å². The molecule has 3 rings (SSSR count). The van der Waals surface area contributed by atoms with Crippen LogP contribution in [-0.2, 0) is 14.3 Å². The van der Waals surface area contributed by atoms with Gasteiger partial charge in [0.2, 0.25) is 5.91 Å². The summed E-state index contributed by atoms with van der Waals surface area (Å²) in [7, 11) is 0. The minimum absolute atomic E-state index is 0.0867. The van der Waals surface area contributed by atoms with Crippen LogP contribution in [0.2, 0.25) is 0 Å². The van der Waals surface area contributed by atoms with Gasteiger partial charge in [-0.15, -0.1) is 0 Å². The average molecular weight is 453 g/mol. The van der Waals surface area contributed by atoms with Gasteiger partial charge >= 0.3 is 12.1 Å². The lowest BCUT2D eigenvalue weighted by atomic mass is 9.97. The van der Waals surface area contributed by atoms with Gasteiger partial charge in [-0.3, -0.25) is 4.79 Å². The maximum Gasteiger partial charge on any atom is 0.407 e. The number of amides is 2. The molecule has 176 valence electrons. The Hall–Kier alpha value is -3.35. The largest absolute Gasteiger partial charge is 0.480 e. The second-order valence-electron chi connectivity index (χ2n) is 8.90. The number of carbonyl (C=O) groups excluding carboxylic acids is 2. The quantitative estimate of drug-likeness (QED) is 0.530. The molecule has 7 heteroatoms. The van der Waals surface area contributed by atoms with Crippen molar-refractivity contribution < 1.29 is 24.2 Å². The number of nitrogens with one attached hydrogen (secondary N) is 2. The highest BCUT2D eigenvalue weighted by molar-refractivity contribution is 5.89. The van der Waals surface area contributed by atoms with Crippen molar-refractivity contribution in [1.29, 1.82) is 0 Å². The molecule has 0 aliphatic heterocycles. The van der Waals surface area contributed by atoms with Crippen LogP contribution in [0.5, 0.6) is 0 Å². The zero-order valence-corrected chi connectivity index (χ0v) is 19.5. The number of fused-ring (bicyclic) bond motifs is 3. The summed E-state index contributed by atoms with van der Waals surface area (Å²) >= 11 is 0. The topological polar surface area (TPSA) is 105 Å². The average Bonchev–Trinajstić information content (AvgIpc) is 3.12. The third-order valence-corrected chi connectivity index (χ3v) is 6.34. The van der Waals surface area contributed by atoms with Gasteiger partial charge in [0.15, 0.2) is 0 Å². The van der Waals surface area contributed by atoms with E-state index in [0.717, 1.165) is 22.3 Å². The number of ether oxygens (including phenoxy) is 1. The summed E-state index contributed by atoms with van der Waals surface area (Å²) in [6, 6.07) is 14.2. The smallest absolute Gasteiger partial charge is 0.407 e. The number of hydrogen-bond donors (Lipinski definition) is 3. The highest BCUT2D eigenvalue weighted by Gasteiger charge is 2.33. The van der Waals surface area contributed by atoms with Crippen LogP contribution in [0, 0.1) is 11.8 Å². The van der Waals surface area contributed by atoms with Crippen LogP contribution >= 0.6 is 0 Å². The summed E-state index contributed by atoms with van der Waals surface area (Å²) in [6.45, 7) is 7.31. The predicted molar refractivity (Wildman–Crippen MR) is 126 cm³/mol. The van der Waals surface area contributed by atoms with Gasteiger partial charge in [-0.1, -0.05) is 82.6 Å². The van der Waals surface area contributed by atoms with Crippen LogP contribution < -0.4 is 10.6 Å². The van der Waals surface area contributed by atoms with Crippen LogP contribution in [0.3, 0.4) is 0 Å². The molecule has 1 unspecified atom stereocenters. The number of benzene rings is 2. The molecule has 1 aliphatic carbocycles. The molecule has 3 atom stereocenters. The van der Waals surface area contributed by atoms with E-state index in [1.54, 1.807) is 13.8 Å². The van der Waals surface area contributed by atoms with E-state index < -0.39 is 30.1 Å². The van der Waals surface area contributed by atoms with E-state index in [0.29, 0.717) is 6.42 Å². The molecule has 0 saturated heterocycles. The lowest BCUT2D eigenvalue weighted by Crippen LogP contribution is -2.55. The van der Waals surface area contributed by atoms with Gasteiger partial charge in [0, 0.05) is 5.92 Å². The standard InChI is InChI=1S/C26H32N2O5/c1-5-16(4)23(24(29)27-22(15(2)3)25(30)31)28-26(32)33-14-21-19-12-8-6-10-17(19)18-11-7-9-13-20(18)21/h6-13,15-16,21-23H,5,14H2,1-4H3,(H,27,29)(H,28,32)(H,30,31)/t16?,22-,23-/m0/s1. The Morgan fingerprint density at radius 1 is 0.909 bits per heavy atom. The number of rotatable bonds is 9. The van der Waals surface area contributed by atoms with Gasteiger partial charge in [-0.2, -0.15) is 0 Å². The highest BCUT2D eigenvalue weighted by Crippen LogP contribution is 2.44. The van der Waals surface area contributed by atoms with Crippen molar-refractivity contribution in [2.45, 2.75) is 52.1 Å². The number of carbonyl (C=O) groups is 3. The first-order chi connectivity index (χ1) is 15.7. The number of carboxylic acids is 1. The van der Waals surface area contributed by atoms with Crippen molar-refractivity contribution in [2.24, 2.45) is 11.8 Å². The Labute approximate surface area is 194 Å². The molecule has 0 bridgehead atoms. The fraction of sp³-hybridized carbons (Fsp3) is 0.423. The van der Waals surface area contributed by atoms with Crippen LogP contribution in [0.1, 0.15) is 51.2 Å². The third kappa shape index (κ3) is 5.35. The second kappa shape index (κ2) is 10.5. The number of aliphatic carboxylic acids is 1. The van der Waals surface area contributed by atoms with Crippen molar-refractivity contribution in [3.05, 3.63) is 59.7 Å². The Morgan fingerprint density at radius 3 is 1.94 bits per heavy atom. The van der Waals surface area contributed by atoms with Gasteiger partial charge < -0.3 is 20.5 Å². The minimum Gasteiger partial charge on any atom is -0.480 e. The molecule has 2 amide bonds. The van der Waals surface area contributed by atoms with Crippen molar-refractivity contribution in [3.63, 3.8) is 0 Å². The molecule has 3 N–H and O–H groups in total. The first kappa shape index (κ1) is 24.3. The highest BCUT2D eigenvalue weighted by atomic mass is 16.5. The molecular weight excluding hydrogens is 420 g/mol. The zero-order valence-electron chi connectivity index (χ0n) is 19.5. The first-order valence-electron chi connectivity index (χ1n) is 11.4. The van der Waals surface area contributed by atoms with Crippen molar-refractivity contribution in [1.82, 2.24) is 10.6 Å². The molecule has 2 aromatic carbocycles. The van der Waals surface area contributed by atoms with Gasteiger partial charge in [0.25, 0.3) is 0 Å². The Morgan fingerprint density at radius 2 is 1.45 bits per heavy atom. The van der Waals surface area contributed by atoms with Crippen LogP contribution in [0.15, 0.2) is 48.5 Å². The van der Waals surface area contributed by atoms with Gasteiger partial charge in [-0.25, -0.2) is 9.59 Å². The summed E-state index contributed by atoms with van der Waals surface area (Å²) in [5.41, 5.74) is 4.47. The summed E-state index contributed by atoms with van der Waals surface area (Å²) in [5.74, 6) is -2.22. The number of carboxylic acid groups (broad SMARTS) is 1. The first-order valence-corrected chi connectivity index (χ1v) is 11.4. The second-order valence-corrected chi connectivity index (χ2v) is 8.90. The molecule has 33 heavy (non-hydrogen) atoms. The molecule has 0 aromatic heterocycles. The summed E-state index contributed by atoms with van der Waals surface area (Å²) in [6.07, 6.45) is -0.0741. The maximum atomic E-state index is 12.8. The Bertz CT molecular complexity index is 974. The lowest BCUT2D eigenvalue weighted by molar-refractivity contribution is -0.143. The van der Waals surface area contributed by atoms with Crippen molar-refractivity contribution in [2.75, 3.05) is 6.61 Å². The van der Waals surface area contributed by atoms with E-state index in [1.165, 1.54) is 0 Å². The molecule has 1 aliphatic rings. The van der Waals surface area contributed by atoms with Crippen LogP contribution in [0.25, 0.3) is 11.1 Å². The van der Waals surface area contributed by atoms with E-state index in [9.17, 15) is 19.5 Å². The predicted octanol–water partition coefficient (Wildman–Crippen LogP) is 4.17. The molecular formula is C26H32N2O5. The van der Waals surface area contributed by atoms with Crippen LogP contribution in [-0.4, -0.2) is 41.8 Å². The summed E-state index contributed by atoms with van der Waals surface area (Å²) in [4.78, 5) is 37.0. The fourth-order valence-electron chi connectivity index (χ4n) is 4.23. The number of hydrogen-bond acceptors (Lipinski definition) is 4. The van der Waals surface area contributed by atoms with Gasteiger partial charge in [0.1, 0.15) is 18.7 Å². The summed E-state index contributed by atoms with van der Waals surface area (Å²) < 4.78 is 5.57. The summed E-state index contributed by atoms with van der Waals surface area (Å²) in [5, 5.41) is 14.6. The molecule has 2 aromatic rings. The third-order valence-electron chi connectivity index (χ3n) is 6.34. The zero-order chi connectivity index (χ0) is 24.1. The normalized spacial score (nSPS) is 15.2. The SMILES string of the molecule is CCC(C)[C@H](NC(=O)OCC1c2ccccc2-c2ccccc21)C(=O)N[C@H](C(=O)O)C(C)C. The molecule has 0 radical (unpaired) electrons. The molecule has 7 nitrogen and oxygen atoms in total. The van der Waals surface area contributed by atoms with Crippen molar-refractivity contribution >= 4 is 18.0 Å².